The number of hydrogen-bond donors (Lipinski definition) is 1. The molecule has 9 nitrogen and oxygen atoms in total. The zero-order valence-corrected chi connectivity index (χ0v) is 17.7. The van der Waals surface area contributed by atoms with Crippen molar-refractivity contribution in [3.63, 3.8) is 0 Å². The van der Waals surface area contributed by atoms with E-state index in [9.17, 15) is 19.7 Å². The Bertz CT molecular complexity index is 1170. The average molecular weight is 437 g/mol. The first-order valence-electron chi connectivity index (χ1n) is 9.93. The van der Waals surface area contributed by atoms with Crippen molar-refractivity contribution in [2.45, 2.75) is 20.0 Å². The van der Waals surface area contributed by atoms with Crippen LogP contribution < -0.4 is 20.3 Å². The molecule has 0 fully saturated rings. The molecule has 3 aromatic rings. The number of methoxy groups -OCH3 is 1. The van der Waals surface area contributed by atoms with Crippen molar-refractivity contribution < 1.29 is 19.2 Å². The Balaban J connectivity index is 1.72. The summed E-state index contributed by atoms with van der Waals surface area (Å²) >= 11 is 0. The Morgan fingerprint density at radius 3 is 2.44 bits per heavy atom. The van der Waals surface area contributed by atoms with Crippen LogP contribution in [0.3, 0.4) is 0 Å². The minimum atomic E-state index is -0.631. The molecule has 1 aromatic heterocycles. The number of hydrogen-bond acceptors (Lipinski definition) is 6. The lowest BCUT2D eigenvalue weighted by Gasteiger charge is -2.12. The molecule has 32 heavy (non-hydrogen) atoms. The molecule has 1 amide bonds. The van der Waals surface area contributed by atoms with Gasteiger partial charge in [0.05, 0.1) is 31.3 Å². The molecule has 0 atom stereocenters. The van der Waals surface area contributed by atoms with E-state index in [4.69, 9.17) is 9.47 Å². The molecule has 0 aliphatic carbocycles. The van der Waals surface area contributed by atoms with Gasteiger partial charge >= 0.3 is 0 Å². The second kappa shape index (κ2) is 10.3. The van der Waals surface area contributed by atoms with E-state index in [0.717, 1.165) is 11.1 Å². The third-order valence-corrected chi connectivity index (χ3v) is 4.75. The average Bonchev–Trinajstić information content (AvgIpc) is 2.79. The fourth-order valence-electron chi connectivity index (χ4n) is 3.14. The van der Waals surface area contributed by atoms with Gasteiger partial charge in [-0.3, -0.25) is 19.7 Å². The summed E-state index contributed by atoms with van der Waals surface area (Å²) < 4.78 is 12.2. The van der Waals surface area contributed by atoms with Crippen molar-refractivity contribution >= 4 is 11.6 Å². The molecule has 0 bridgehead atoms. The van der Waals surface area contributed by atoms with Gasteiger partial charge in [-0.1, -0.05) is 30.3 Å². The number of nitrogens with zero attached hydrogens (tertiary/aromatic N) is 2. The molecule has 9 heteroatoms. The van der Waals surface area contributed by atoms with E-state index in [0.29, 0.717) is 13.2 Å². The molecule has 3 rings (SSSR count). The first-order chi connectivity index (χ1) is 15.4. The summed E-state index contributed by atoms with van der Waals surface area (Å²) in [6, 6.07) is 14.9. The first kappa shape index (κ1) is 22.5. The summed E-state index contributed by atoms with van der Waals surface area (Å²) in [5, 5.41) is 14.2. The van der Waals surface area contributed by atoms with E-state index in [1.807, 2.05) is 24.3 Å². The molecule has 0 saturated heterocycles. The molecule has 0 unspecified atom stereocenters. The molecule has 0 aliphatic heterocycles. The Morgan fingerprint density at radius 2 is 1.81 bits per heavy atom. The van der Waals surface area contributed by atoms with Gasteiger partial charge in [-0.15, -0.1) is 0 Å². The van der Waals surface area contributed by atoms with Crippen molar-refractivity contribution in [3.05, 3.63) is 98.0 Å². The first-order valence-corrected chi connectivity index (χ1v) is 9.93. The van der Waals surface area contributed by atoms with Crippen molar-refractivity contribution in [1.29, 1.82) is 0 Å². The number of carbonyl (C=O) groups is 1. The van der Waals surface area contributed by atoms with Gasteiger partial charge in [0.1, 0.15) is 5.56 Å². The highest BCUT2D eigenvalue weighted by atomic mass is 16.6. The van der Waals surface area contributed by atoms with E-state index in [1.54, 1.807) is 29.8 Å². The molecule has 0 radical (unpaired) electrons. The lowest BCUT2D eigenvalue weighted by atomic mass is 10.1. The topological polar surface area (TPSA) is 113 Å². The summed E-state index contributed by atoms with van der Waals surface area (Å²) in [7, 11) is 1.37. The van der Waals surface area contributed by atoms with Gasteiger partial charge in [-0.05, 0) is 24.1 Å². The fourth-order valence-corrected chi connectivity index (χ4v) is 3.14. The third-order valence-electron chi connectivity index (χ3n) is 4.75. The molecule has 0 spiro atoms. The number of carbonyl (C=O) groups excluding carboxylic acids is 1. The highest BCUT2D eigenvalue weighted by molar-refractivity contribution is 5.99. The quantitative estimate of drug-likeness (QED) is 0.406. The second-order valence-corrected chi connectivity index (χ2v) is 6.88. The third kappa shape index (κ3) is 5.31. The normalized spacial score (nSPS) is 10.4. The summed E-state index contributed by atoms with van der Waals surface area (Å²) in [5.74, 6) is -0.158. The van der Waals surface area contributed by atoms with Gasteiger partial charge in [0.25, 0.3) is 17.2 Å². The summed E-state index contributed by atoms with van der Waals surface area (Å²) in [4.78, 5) is 35.4. The largest absolute Gasteiger partial charge is 0.493 e. The van der Waals surface area contributed by atoms with Crippen molar-refractivity contribution in [2.24, 2.45) is 0 Å². The van der Waals surface area contributed by atoms with Crippen molar-refractivity contribution in [1.82, 2.24) is 9.88 Å². The Hall–Kier alpha value is -4.14. The number of amides is 1. The smallest absolute Gasteiger partial charge is 0.286 e. The van der Waals surface area contributed by atoms with Crippen molar-refractivity contribution in [3.8, 4) is 11.5 Å². The van der Waals surface area contributed by atoms with Crippen LogP contribution in [0, 0.1) is 10.1 Å². The predicted octanol–water partition coefficient (Wildman–Crippen LogP) is 3.14. The lowest BCUT2D eigenvalue weighted by molar-refractivity contribution is -0.385. The summed E-state index contributed by atoms with van der Waals surface area (Å²) in [5.41, 5.74) is 1.17. The summed E-state index contributed by atoms with van der Waals surface area (Å²) in [6.07, 6.45) is 1.72. The van der Waals surface area contributed by atoms with Crippen LogP contribution in [0.15, 0.2) is 65.6 Å². The van der Waals surface area contributed by atoms with Gasteiger partial charge in [0.15, 0.2) is 11.5 Å². The fraction of sp³-hybridized carbons (Fsp3) is 0.217. The Morgan fingerprint density at radius 1 is 1.09 bits per heavy atom. The molecule has 166 valence electrons. The van der Waals surface area contributed by atoms with Crippen LogP contribution in [0.1, 0.15) is 28.4 Å². The van der Waals surface area contributed by atoms with Crippen LogP contribution in [0.2, 0.25) is 0 Å². The van der Waals surface area contributed by atoms with E-state index >= 15 is 0 Å². The van der Waals surface area contributed by atoms with Gasteiger partial charge in [0.2, 0.25) is 0 Å². The molecule has 1 N–H and O–H groups in total. The minimum Gasteiger partial charge on any atom is -0.493 e. The number of aromatic nitrogens is 1. The zero-order chi connectivity index (χ0) is 23.1. The SMILES string of the molecule is CCOc1cc(C(=O)NCc2ccc(Cn3ccccc3=O)cc2)c([N+](=O)[O-])cc1OC. The van der Waals surface area contributed by atoms with Crippen molar-refractivity contribution in [2.75, 3.05) is 13.7 Å². The monoisotopic (exact) mass is 437 g/mol. The van der Waals surface area contributed by atoms with E-state index in [-0.39, 0.29) is 34.9 Å². The van der Waals surface area contributed by atoms with Crippen LogP contribution in [-0.4, -0.2) is 29.1 Å². The van der Waals surface area contributed by atoms with Crippen LogP contribution in [0.25, 0.3) is 0 Å². The van der Waals surface area contributed by atoms with Crippen LogP contribution in [0.4, 0.5) is 5.69 Å². The van der Waals surface area contributed by atoms with Gasteiger partial charge in [-0.2, -0.15) is 0 Å². The van der Waals surface area contributed by atoms with Crippen LogP contribution in [0.5, 0.6) is 11.5 Å². The molecule has 2 aromatic carbocycles. The molecule has 0 saturated carbocycles. The highest BCUT2D eigenvalue weighted by Gasteiger charge is 2.24. The standard InChI is InChI=1S/C23H23N3O6/c1-3-32-21-12-18(19(26(29)30)13-20(21)31-2)23(28)24-14-16-7-9-17(10-8-16)15-25-11-5-4-6-22(25)27/h4-13H,3,14-15H2,1-2H3,(H,24,28). The van der Waals surface area contributed by atoms with Gasteiger partial charge in [0, 0.05) is 24.9 Å². The maximum absolute atomic E-state index is 12.7. The number of nitro groups is 1. The van der Waals surface area contributed by atoms with E-state index < -0.39 is 10.8 Å². The van der Waals surface area contributed by atoms with Crippen LogP contribution >= 0.6 is 0 Å². The number of nitro benzene ring substituents is 1. The van der Waals surface area contributed by atoms with Crippen LogP contribution in [-0.2, 0) is 13.1 Å². The molecular weight excluding hydrogens is 414 g/mol. The highest BCUT2D eigenvalue weighted by Crippen LogP contribution is 2.34. The minimum absolute atomic E-state index is 0.0867. The number of rotatable bonds is 9. The van der Waals surface area contributed by atoms with E-state index in [2.05, 4.69) is 5.32 Å². The number of pyridine rings is 1. The Kier molecular flexibility index (Phi) is 7.22. The molecule has 1 heterocycles. The second-order valence-electron chi connectivity index (χ2n) is 6.88. The number of benzene rings is 2. The molecule has 0 aliphatic rings. The number of ether oxygens (including phenoxy) is 2. The zero-order valence-electron chi connectivity index (χ0n) is 17.7. The van der Waals surface area contributed by atoms with E-state index in [1.165, 1.54) is 25.3 Å². The van der Waals surface area contributed by atoms with Gasteiger partial charge in [-0.25, -0.2) is 0 Å². The number of nitrogens with one attached hydrogen (secondary N) is 1. The summed E-state index contributed by atoms with van der Waals surface area (Å²) in [6.45, 7) is 2.69. The molecular formula is C23H23N3O6. The lowest BCUT2D eigenvalue weighted by Crippen LogP contribution is -2.24. The maximum atomic E-state index is 12.7. The predicted molar refractivity (Wildman–Crippen MR) is 118 cm³/mol. The van der Waals surface area contributed by atoms with Gasteiger partial charge < -0.3 is 19.4 Å². The Labute approximate surface area is 184 Å². The maximum Gasteiger partial charge on any atom is 0.286 e.